The molecule has 0 fully saturated rings. The molecule has 0 bridgehead atoms. The van der Waals surface area contributed by atoms with Crippen LogP contribution in [0, 0.1) is 11.3 Å². The van der Waals surface area contributed by atoms with E-state index in [9.17, 15) is 10.1 Å². The van der Waals surface area contributed by atoms with Gasteiger partial charge in [0.25, 0.3) is 0 Å². The minimum atomic E-state index is -0.554. The van der Waals surface area contributed by atoms with Gasteiger partial charge >= 0.3 is 5.97 Å². The maximum Gasteiger partial charge on any atom is 0.349 e. The number of allylic oxidation sites excluding steroid dienone is 1. The molecule has 33 heavy (non-hydrogen) atoms. The molecule has 0 amide bonds. The van der Waals surface area contributed by atoms with Crippen LogP contribution in [-0.2, 0) is 11.2 Å². The summed E-state index contributed by atoms with van der Waals surface area (Å²) >= 11 is 3.35. The van der Waals surface area contributed by atoms with Gasteiger partial charge in [0.1, 0.15) is 28.9 Å². The summed E-state index contributed by atoms with van der Waals surface area (Å²) in [5.41, 5.74) is 9.32. The van der Waals surface area contributed by atoms with Crippen LogP contribution in [0.1, 0.15) is 29.5 Å². The lowest BCUT2D eigenvalue weighted by atomic mass is 9.83. The first-order chi connectivity index (χ1) is 16.0. The summed E-state index contributed by atoms with van der Waals surface area (Å²) in [6.45, 7) is 1.84. The number of hydrogen-bond acceptors (Lipinski definition) is 6. The Kier molecular flexibility index (Phi) is 6.66. The summed E-state index contributed by atoms with van der Waals surface area (Å²) in [5, 5.41) is 9.71. The Balaban J connectivity index is 1.53. The Bertz CT molecular complexity index is 1240. The van der Waals surface area contributed by atoms with Crippen LogP contribution in [0.4, 0.5) is 0 Å². The fourth-order valence-electron chi connectivity index (χ4n) is 3.62. The summed E-state index contributed by atoms with van der Waals surface area (Å²) < 4.78 is 17.5. The third kappa shape index (κ3) is 5.02. The Hall–Kier alpha value is -3.76. The van der Waals surface area contributed by atoms with Crippen molar-refractivity contribution in [3.63, 3.8) is 0 Å². The van der Waals surface area contributed by atoms with Crippen LogP contribution >= 0.6 is 15.9 Å². The number of carbonyl (C=O) groups excluding carboxylic acids is 1. The Morgan fingerprint density at radius 3 is 2.45 bits per heavy atom. The average Bonchev–Trinajstić information content (AvgIpc) is 2.83. The topological polar surface area (TPSA) is 94.6 Å². The molecule has 3 aromatic rings. The third-order valence-electron chi connectivity index (χ3n) is 5.31. The minimum Gasteiger partial charge on any atom is -0.482 e. The van der Waals surface area contributed by atoms with E-state index in [1.165, 1.54) is 5.56 Å². The summed E-state index contributed by atoms with van der Waals surface area (Å²) in [4.78, 5) is 12.3. The maximum atomic E-state index is 12.3. The summed E-state index contributed by atoms with van der Waals surface area (Å²) in [6.07, 6.45) is 0.925. The van der Waals surface area contributed by atoms with E-state index in [4.69, 9.17) is 19.9 Å². The van der Waals surface area contributed by atoms with Gasteiger partial charge in [0, 0.05) is 16.1 Å². The largest absolute Gasteiger partial charge is 0.482 e. The molecule has 7 heteroatoms. The predicted molar refractivity (Wildman–Crippen MR) is 127 cm³/mol. The van der Waals surface area contributed by atoms with Gasteiger partial charge in [-0.1, -0.05) is 53.2 Å². The zero-order chi connectivity index (χ0) is 23.4. The van der Waals surface area contributed by atoms with Crippen molar-refractivity contribution in [3.8, 4) is 23.3 Å². The number of carbonyl (C=O) groups is 1. The molecule has 0 aromatic heterocycles. The molecule has 0 saturated heterocycles. The first-order valence-electron chi connectivity index (χ1n) is 10.4. The molecule has 6 nitrogen and oxygen atoms in total. The molecular weight excluding hydrogens is 484 g/mol. The number of rotatable bonds is 6. The number of aryl methyl sites for hydroxylation is 1. The number of fused-ring (bicyclic) bond motifs is 1. The zero-order valence-corrected chi connectivity index (χ0v) is 19.5. The van der Waals surface area contributed by atoms with Crippen molar-refractivity contribution >= 4 is 21.9 Å². The fraction of sp³-hybridized carbons (Fsp3) is 0.154. The highest BCUT2D eigenvalue weighted by molar-refractivity contribution is 9.10. The molecule has 0 aliphatic carbocycles. The van der Waals surface area contributed by atoms with Gasteiger partial charge in [-0.3, -0.25) is 0 Å². The molecule has 1 heterocycles. The first kappa shape index (κ1) is 22.4. The van der Waals surface area contributed by atoms with E-state index in [1.54, 1.807) is 30.3 Å². The van der Waals surface area contributed by atoms with E-state index in [-0.39, 0.29) is 18.4 Å². The van der Waals surface area contributed by atoms with Crippen LogP contribution < -0.4 is 19.9 Å². The van der Waals surface area contributed by atoms with Gasteiger partial charge in [-0.2, -0.15) is 5.26 Å². The second-order valence-electron chi connectivity index (χ2n) is 7.44. The summed E-state index contributed by atoms with van der Waals surface area (Å²) in [7, 11) is 0. The molecule has 0 spiro atoms. The SMILES string of the molecule is CCc1ccc(C2C(C#N)=C(N)Oc3cc(OC(=O)COc4ccc(Br)cc4)ccc32)cc1. The highest BCUT2D eigenvalue weighted by Gasteiger charge is 2.31. The van der Waals surface area contributed by atoms with Crippen LogP contribution in [0.15, 0.2) is 82.7 Å². The molecule has 1 aliphatic heterocycles. The highest BCUT2D eigenvalue weighted by Crippen LogP contribution is 2.43. The van der Waals surface area contributed by atoms with Gasteiger partial charge in [-0.25, -0.2) is 4.79 Å². The number of benzene rings is 3. The third-order valence-corrected chi connectivity index (χ3v) is 5.84. The number of nitriles is 1. The maximum absolute atomic E-state index is 12.3. The lowest BCUT2D eigenvalue weighted by molar-refractivity contribution is -0.136. The van der Waals surface area contributed by atoms with Crippen LogP contribution in [0.2, 0.25) is 0 Å². The molecule has 2 N–H and O–H groups in total. The Morgan fingerprint density at radius 2 is 1.79 bits per heavy atom. The molecule has 0 radical (unpaired) electrons. The van der Waals surface area contributed by atoms with Crippen LogP contribution in [0.25, 0.3) is 0 Å². The standard InChI is InChI=1S/C26H21BrN2O4/c1-2-16-3-5-17(6-4-16)25-21-12-11-20(13-23(21)33-26(29)22(25)14-28)32-24(30)15-31-19-9-7-18(27)8-10-19/h3-13,25H,2,15,29H2,1H3. The molecule has 166 valence electrons. The summed E-state index contributed by atoms with van der Waals surface area (Å²) in [5.74, 6) is 0.415. The Morgan fingerprint density at radius 1 is 1.09 bits per heavy atom. The number of nitrogens with two attached hydrogens (primary N) is 1. The van der Waals surface area contributed by atoms with Gasteiger partial charge in [0.2, 0.25) is 5.88 Å². The van der Waals surface area contributed by atoms with E-state index < -0.39 is 5.97 Å². The number of ether oxygens (including phenoxy) is 3. The quantitative estimate of drug-likeness (QED) is 0.365. The first-order valence-corrected chi connectivity index (χ1v) is 11.2. The number of nitrogens with zero attached hydrogens (tertiary/aromatic N) is 1. The van der Waals surface area contributed by atoms with E-state index in [0.717, 1.165) is 22.0 Å². The zero-order valence-electron chi connectivity index (χ0n) is 17.9. The lowest BCUT2D eigenvalue weighted by Gasteiger charge is -2.26. The van der Waals surface area contributed by atoms with Gasteiger partial charge < -0.3 is 19.9 Å². The van der Waals surface area contributed by atoms with E-state index in [1.807, 2.05) is 36.4 Å². The van der Waals surface area contributed by atoms with Gasteiger partial charge in [-0.15, -0.1) is 0 Å². The van der Waals surface area contributed by atoms with E-state index >= 15 is 0 Å². The van der Waals surface area contributed by atoms with E-state index in [2.05, 4.69) is 28.9 Å². The van der Waals surface area contributed by atoms with Gasteiger partial charge in [-0.05, 0) is 47.9 Å². The minimum absolute atomic E-state index is 0.0385. The molecule has 1 unspecified atom stereocenters. The fourth-order valence-corrected chi connectivity index (χ4v) is 3.89. The van der Waals surface area contributed by atoms with Crippen molar-refractivity contribution < 1.29 is 19.0 Å². The average molecular weight is 505 g/mol. The van der Waals surface area contributed by atoms with E-state index in [0.29, 0.717) is 22.8 Å². The Labute approximate surface area is 200 Å². The summed E-state index contributed by atoms with van der Waals surface area (Å²) in [6, 6.07) is 22.4. The van der Waals surface area contributed by atoms with Crippen molar-refractivity contribution in [2.24, 2.45) is 5.73 Å². The normalized spacial score (nSPS) is 14.6. The lowest BCUT2D eigenvalue weighted by Crippen LogP contribution is -2.21. The van der Waals surface area contributed by atoms with Crippen LogP contribution in [0.5, 0.6) is 17.2 Å². The molecular formula is C26H21BrN2O4. The molecule has 0 saturated carbocycles. The highest BCUT2D eigenvalue weighted by atomic mass is 79.9. The van der Waals surface area contributed by atoms with Gasteiger partial charge in [0.15, 0.2) is 6.61 Å². The van der Waals surface area contributed by atoms with Crippen LogP contribution in [0.3, 0.4) is 0 Å². The number of esters is 1. The van der Waals surface area contributed by atoms with Crippen LogP contribution in [-0.4, -0.2) is 12.6 Å². The molecule has 1 aliphatic rings. The van der Waals surface area contributed by atoms with Crippen molar-refractivity contribution in [1.29, 1.82) is 5.26 Å². The number of hydrogen-bond donors (Lipinski definition) is 1. The monoisotopic (exact) mass is 504 g/mol. The van der Waals surface area contributed by atoms with Crippen molar-refractivity contribution in [1.82, 2.24) is 0 Å². The molecule has 3 aromatic carbocycles. The predicted octanol–water partition coefficient (Wildman–Crippen LogP) is 5.21. The smallest absolute Gasteiger partial charge is 0.349 e. The van der Waals surface area contributed by atoms with Crippen molar-refractivity contribution in [2.45, 2.75) is 19.3 Å². The second kappa shape index (κ2) is 9.80. The van der Waals surface area contributed by atoms with Gasteiger partial charge in [0.05, 0.1) is 5.92 Å². The second-order valence-corrected chi connectivity index (χ2v) is 8.35. The molecule has 1 atom stereocenters. The van der Waals surface area contributed by atoms with Crippen molar-refractivity contribution in [2.75, 3.05) is 6.61 Å². The molecule has 4 rings (SSSR count). The van der Waals surface area contributed by atoms with Crippen molar-refractivity contribution in [3.05, 3.63) is 99.3 Å². The number of halogens is 1.